The fourth-order valence-electron chi connectivity index (χ4n) is 2.28. The zero-order valence-corrected chi connectivity index (χ0v) is 11.1. The molecule has 4 N–H and O–H groups in total. The van der Waals surface area contributed by atoms with Gasteiger partial charge in [0, 0.05) is 6.42 Å². The van der Waals surface area contributed by atoms with E-state index >= 15 is 0 Å². The Morgan fingerprint density at radius 1 is 0.947 bits per heavy atom. The van der Waals surface area contributed by atoms with Crippen molar-refractivity contribution >= 4 is 5.96 Å². The molecular formula is C16H19N3. The van der Waals surface area contributed by atoms with Gasteiger partial charge in [-0.2, -0.15) is 0 Å². The highest BCUT2D eigenvalue weighted by molar-refractivity contribution is 5.76. The van der Waals surface area contributed by atoms with Gasteiger partial charge in [0.05, 0.1) is 5.54 Å². The molecule has 3 nitrogen and oxygen atoms in total. The van der Waals surface area contributed by atoms with Crippen LogP contribution in [0.15, 0.2) is 65.7 Å². The van der Waals surface area contributed by atoms with Crippen LogP contribution >= 0.6 is 0 Å². The van der Waals surface area contributed by atoms with E-state index in [1.807, 2.05) is 36.4 Å². The topological polar surface area (TPSA) is 64.4 Å². The molecule has 0 bridgehead atoms. The molecule has 0 amide bonds. The van der Waals surface area contributed by atoms with Crippen LogP contribution in [-0.2, 0) is 12.0 Å². The Hall–Kier alpha value is -2.29. The standard InChI is InChI=1S/C16H19N3/c1-16(19-15(17)18,14-10-6-3-7-11-14)12-13-8-4-2-5-9-13/h2-11H,12H2,1H3,(H4,17,18,19). The fraction of sp³-hybridized carbons (Fsp3) is 0.188. The number of benzene rings is 2. The van der Waals surface area contributed by atoms with Crippen molar-refractivity contribution in [3.8, 4) is 0 Å². The van der Waals surface area contributed by atoms with E-state index in [2.05, 4.69) is 36.2 Å². The number of rotatable bonds is 4. The molecule has 0 heterocycles. The van der Waals surface area contributed by atoms with Gasteiger partial charge in [-0.05, 0) is 18.1 Å². The molecule has 0 saturated carbocycles. The lowest BCUT2D eigenvalue weighted by Gasteiger charge is -2.26. The van der Waals surface area contributed by atoms with Crippen molar-refractivity contribution in [1.29, 1.82) is 0 Å². The third kappa shape index (κ3) is 3.35. The lowest BCUT2D eigenvalue weighted by atomic mass is 9.86. The lowest BCUT2D eigenvalue weighted by molar-refractivity contribution is 0.494. The van der Waals surface area contributed by atoms with Gasteiger partial charge in [-0.15, -0.1) is 0 Å². The predicted molar refractivity (Wildman–Crippen MR) is 79.7 cm³/mol. The summed E-state index contributed by atoms with van der Waals surface area (Å²) in [6.45, 7) is 2.05. The Morgan fingerprint density at radius 2 is 1.47 bits per heavy atom. The first-order valence-corrected chi connectivity index (χ1v) is 6.30. The first-order valence-electron chi connectivity index (χ1n) is 6.30. The van der Waals surface area contributed by atoms with Gasteiger partial charge in [0.25, 0.3) is 0 Å². The predicted octanol–water partition coefficient (Wildman–Crippen LogP) is 2.42. The van der Waals surface area contributed by atoms with Crippen LogP contribution in [0.2, 0.25) is 0 Å². The second-order valence-corrected chi connectivity index (χ2v) is 4.84. The van der Waals surface area contributed by atoms with Gasteiger partial charge in [-0.1, -0.05) is 60.7 Å². The van der Waals surface area contributed by atoms with Gasteiger partial charge in [0.15, 0.2) is 5.96 Å². The van der Waals surface area contributed by atoms with Crippen LogP contribution in [0, 0.1) is 0 Å². The molecule has 0 aliphatic rings. The molecule has 1 atom stereocenters. The zero-order valence-electron chi connectivity index (χ0n) is 11.1. The third-order valence-corrected chi connectivity index (χ3v) is 3.16. The van der Waals surface area contributed by atoms with Gasteiger partial charge >= 0.3 is 0 Å². The van der Waals surface area contributed by atoms with Crippen molar-refractivity contribution in [2.24, 2.45) is 16.5 Å². The van der Waals surface area contributed by atoms with Gasteiger partial charge in [-0.25, -0.2) is 4.99 Å². The second-order valence-electron chi connectivity index (χ2n) is 4.84. The van der Waals surface area contributed by atoms with Crippen molar-refractivity contribution < 1.29 is 0 Å². The number of guanidine groups is 1. The Morgan fingerprint density at radius 3 is 2.00 bits per heavy atom. The average Bonchev–Trinajstić information content (AvgIpc) is 2.40. The zero-order chi connectivity index (χ0) is 13.7. The molecule has 0 spiro atoms. The molecule has 3 heteroatoms. The van der Waals surface area contributed by atoms with E-state index in [0.717, 1.165) is 12.0 Å². The highest BCUT2D eigenvalue weighted by Crippen LogP contribution is 2.29. The van der Waals surface area contributed by atoms with E-state index in [1.54, 1.807) is 0 Å². The number of hydrogen-bond acceptors (Lipinski definition) is 1. The smallest absolute Gasteiger partial charge is 0.186 e. The number of aliphatic imine (C=N–C) groups is 1. The molecule has 0 saturated heterocycles. The molecule has 19 heavy (non-hydrogen) atoms. The summed E-state index contributed by atoms with van der Waals surface area (Å²) in [7, 11) is 0. The average molecular weight is 253 g/mol. The largest absolute Gasteiger partial charge is 0.370 e. The molecule has 2 aromatic rings. The molecule has 98 valence electrons. The monoisotopic (exact) mass is 253 g/mol. The summed E-state index contributed by atoms with van der Waals surface area (Å²) < 4.78 is 0. The van der Waals surface area contributed by atoms with E-state index < -0.39 is 5.54 Å². The molecule has 0 aliphatic heterocycles. The summed E-state index contributed by atoms with van der Waals surface area (Å²) in [6.07, 6.45) is 0.760. The van der Waals surface area contributed by atoms with Crippen molar-refractivity contribution in [2.75, 3.05) is 0 Å². The minimum Gasteiger partial charge on any atom is -0.370 e. The van der Waals surface area contributed by atoms with Crippen molar-refractivity contribution in [2.45, 2.75) is 18.9 Å². The number of nitrogens with zero attached hydrogens (tertiary/aromatic N) is 1. The van der Waals surface area contributed by atoms with E-state index in [9.17, 15) is 0 Å². The molecule has 0 aliphatic carbocycles. The Balaban J connectivity index is 2.39. The van der Waals surface area contributed by atoms with Crippen LogP contribution in [0.4, 0.5) is 0 Å². The molecule has 2 aromatic carbocycles. The van der Waals surface area contributed by atoms with E-state index in [-0.39, 0.29) is 5.96 Å². The van der Waals surface area contributed by atoms with Crippen LogP contribution in [-0.4, -0.2) is 5.96 Å². The minimum atomic E-state index is -0.443. The highest BCUT2D eigenvalue weighted by Gasteiger charge is 2.26. The second kappa shape index (κ2) is 5.57. The Bertz CT molecular complexity index is 545. The van der Waals surface area contributed by atoms with Crippen LogP contribution < -0.4 is 11.5 Å². The summed E-state index contributed by atoms with van der Waals surface area (Å²) >= 11 is 0. The normalized spacial score (nSPS) is 13.5. The van der Waals surface area contributed by atoms with E-state index in [4.69, 9.17) is 11.5 Å². The maximum absolute atomic E-state index is 5.60. The van der Waals surface area contributed by atoms with Crippen molar-refractivity contribution in [1.82, 2.24) is 0 Å². The molecule has 0 fully saturated rings. The summed E-state index contributed by atoms with van der Waals surface area (Å²) in [4.78, 5) is 4.45. The first-order chi connectivity index (χ1) is 9.10. The first kappa shape index (κ1) is 13.1. The number of hydrogen-bond donors (Lipinski definition) is 2. The molecule has 1 unspecified atom stereocenters. The molecule has 0 radical (unpaired) electrons. The van der Waals surface area contributed by atoms with E-state index in [0.29, 0.717) is 0 Å². The summed E-state index contributed by atoms with van der Waals surface area (Å²) in [5, 5.41) is 0. The van der Waals surface area contributed by atoms with Crippen LogP contribution in [0.1, 0.15) is 18.1 Å². The fourth-order valence-corrected chi connectivity index (χ4v) is 2.28. The third-order valence-electron chi connectivity index (χ3n) is 3.16. The maximum Gasteiger partial charge on any atom is 0.186 e. The van der Waals surface area contributed by atoms with Crippen molar-refractivity contribution in [3.05, 3.63) is 71.8 Å². The van der Waals surface area contributed by atoms with E-state index in [1.165, 1.54) is 5.56 Å². The maximum atomic E-state index is 5.60. The Kier molecular flexibility index (Phi) is 3.85. The summed E-state index contributed by atoms with van der Waals surface area (Å²) in [5.41, 5.74) is 13.1. The SMILES string of the molecule is CC(Cc1ccccc1)(N=C(N)N)c1ccccc1. The lowest BCUT2D eigenvalue weighted by Crippen LogP contribution is -2.31. The van der Waals surface area contributed by atoms with Gasteiger partial charge in [-0.3, -0.25) is 0 Å². The van der Waals surface area contributed by atoms with Crippen molar-refractivity contribution in [3.63, 3.8) is 0 Å². The molecular weight excluding hydrogens is 234 g/mol. The van der Waals surface area contributed by atoms with Crippen LogP contribution in [0.25, 0.3) is 0 Å². The van der Waals surface area contributed by atoms with Gasteiger partial charge in [0.2, 0.25) is 0 Å². The van der Waals surface area contributed by atoms with Gasteiger partial charge < -0.3 is 11.5 Å². The molecule has 0 aromatic heterocycles. The van der Waals surface area contributed by atoms with Crippen LogP contribution in [0.5, 0.6) is 0 Å². The van der Waals surface area contributed by atoms with Gasteiger partial charge in [0.1, 0.15) is 0 Å². The Labute approximate surface area is 114 Å². The molecule has 2 rings (SSSR count). The quantitative estimate of drug-likeness (QED) is 0.649. The summed E-state index contributed by atoms with van der Waals surface area (Å²) in [6, 6.07) is 20.3. The summed E-state index contributed by atoms with van der Waals surface area (Å²) in [5.74, 6) is 0.113. The number of nitrogens with two attached hydrogens (primary N) is 2. The minimum absolute atomic E-state index is 0.113. The highest BCUT2D eigenvalue weighted by atomic mass is 15.0. The van der Waals surface area contributed by atoms with Crippen LogP contribution in [0.3, 0.4) is 0 Å².